The van der Waals surface area contributed by atoms with Gasteiger partial charge in [-0.2, -0.15) is 0 Å². The Balaban J connectivity index is 1.93. The molecule has 3 rings (SSSR count). The zero-order valence-corrected chi connectivity index (χ0v) is 17.6. The first-order valence-electron chi connectivity index (χ1n) is 8.79. The molecule has 1 amide bonds. The molecule has 2 aliphatic rings. The van der Waals surface area contributed by atoms with Gasteiger partial charge in [0, 0.05) is 12.5 Å². The van der Waals surface area contributed by atoms with Crippen molar-refractivity contribution >= 4 is 51.5 Å². The number of anilines is 1. The Kier molecular flexibility index (Phi) is 6.38. The lowest BCUT2D eigenvalue weighted by molar-refractivity contribution is -0.124. The summed E-state index contributed by atoms with van der Waals surface area (Å²) in [7, 11) is 1.38. The predicted octanol–water partition coefficient (Wildman–Crippen LogP) is 4.09. The molecule has 0 radical (unpaired) electrons. The van der Waals surface area contributed by atoms with E-state index in [0.717, 1.165) is 35.0 Å². The number of esters is 1. The lowest BCUT2D eigenvalue weighted by Crippen LogP contribution is -2.45. The van der Waals surface area contributed by atoms with Gasteiger partial charge < -0.3 is 14.4 Å². The van der Waals surface area contributed by atoms with E-state index in [9.17, 15) is 9.59 Å². The molecule has 2 heterocycles. The fraction of sp³-hybridized carbons (Fsp3) is 0.667. The van der Waals surface area contributed by atoms with Gasteiger partial charge in [0.2, 0.25) is 5.91 Å². The number of carbonyl (C=O) groups is 2. The summed E-state index contributed by atoms with van der Waals surface area (Å²) >= 11 is 3.57. The molecular formula is C18H24INO4S. The topological polar surface area (TPSA) is 55.8 Å². The Morgan fingerprint density at radius 2 is 2.00 bits per heavy atom. The molecule has 2 fully saturated rings. The van der Waals surface area contributed by atoms with Crippen LogP contribution in [0.25, 0.3) is 0 Å². The molecule has 5 nitrogen and oxygen atoms in total. The molecule has 1 aliphatic heterocycles. The van der Waals surface area contributed by atoms with Crippen molar-refractivity contribution in [3.05, 3.63) is 13.8 Å². The highest BCUT2D eigenvalue weighted by atomic mass is 127. The molecular weight excluding hydrogens is 453 g/mol. The molecule has 1 aromatic rings. The van der Waals surface area contributed by atoms with Crippen LogP contribution in [0.3, 0.4) is 0 Å². The van der Waals surface area contributed by atoms with Gasteiger partial charge in [0.25, 0.3) is 0 Å². The Hall–Kier alpha value is -0.670. The molecule has 138 valence electrons. The second-order valence-electron chi connectivity index (χ2n) is 6.94. The summed E-state index contributed by atoms with van der Waals surface area (Å²) in [5.41, 5.74) is 0.695. The second-order valence-corrected chi connectivity index (χ2v) is 9.89. The number of hydrogen-bond acceptors (Lipinski definition) is 5. The average Bonchev–Trinajstić information content (AvgIpc) is 3.25. The third-order valence-electron chi connectivity index (χ3n) is 5.19. The Labute approximate surface area is 166 Å². The number of hydrogen-bond donors (Lipinski definition) is 0. The van der Waals surface area contributed by atoms with Crippen LogP contribution in [-0.2, 0) is 14.3 Å². The smallest absolute Gasteiger partial charge is 0.350 e. The number of rotatable bonds is 4. The van der Waals surface area contributed by atoms with Crippen molar-refractivity contribution in [3.63, 3.8) is 0 Å². The Morgan fingerprint density at radius 1 is 1.28 bits per heavy atom. The van der Waals surface area contributed by atoms with Crippen LogP contribution in [0.15, 0.2) is 6.07 Å². The maximum atomic E-state index is 13.4. The van der Waals surface area contributed by atoms with Crippen LogP contribution in [0.1, 0.15) is 48.7 Å². The van der Waals surface area contributed by atoms with Crippen molar-refractivity contribution in [2.24, 2.45) is 11.8 Å². The van der Waals surface area contributed by atoms with Crippen molar-refractivity contribution in [2.45, 2.75) is 45.1 Å². The molecule has 0 bridgehead atoms. The van der Waals surface area contributed by atoms with E-state index in [1.54, 1.807) is 0 Å². The first-order valence-corrected chi connectivity index (χ1v) is 10.7. The number of methoxy groups -OCH3 is 1. The summed E-state index contributed by atoms with van der Waals surface area (Å²) in [6.07, 6.45) is 4.85. The van der Waals surface area contributed by atoms with E-state index in [2.05, 4.69) is 29.5 Å². The van der Waals surface area contributed by atoms with E-state index < -0.39 is 0 Å². The van der Waals surface area contributed by atoms with Gasteiger partial charge >= 0.3 is 5.97 Å². The Morgan fingerprint density at radius 3 is 2.60 bits per heavy atom. The van der Waals surface area contributed by atoms with Gasteiger partial charge in [-0.15, -0.1) is 11.3 Å². The monoisotopic (exact) mass is 477 g/mol. The van der Waals surface area contributed by atoms with E-state index >= 15 is 0 Å². The van der Waals surface area contributed by atoms with Gasteiger partial charge in [0.1, 0.15) is 4.88 Å². The predicted molar refractivity (Wildman–Crippen MR) is 106 cm³/mol. The Bertz CT molecular complexity index is 633. The third kappa shape index (κ3) is 4.19. The van der Waals surface area contributed by atoms with Crippen LogP contribution >= 0.6 is 33.9 Å². The summed E-state index contributed by atoms with van der Waals surface area (Å²) in [4.78, 5) is 28.0. The van der Waals surface area contributed by atoms with Crippen LogP contribution in [0.2, 0.25) is 0 Å². The number of thiophene rings is 1. The summed E-state index contributed by atoms with van der Waals surface area (Å²) in [5, 5.41) is 0. The number of carbonyl (C=O) groups excluding carboxylic acids is 2. The van der Waals surface area contributed by atoms with Gasteiger partial charge in [-0.1, -0.05) is 6.92 Å². The van der Waals surface area contributed by atoms with Crippen molar-refractivity contribution in [3.8, 4) is 0 Å². The average molecular weight is 477 g/mol. The minimum Gasteiger partial charge on any atom is -0.465 e. The molecule has 1 unspecified atom stereocenters. The summed E-state index contributed by atoms with van der Waals surface area (Å²) < 4.78 is 11.5. The number of amides is 1. The second kappa shape index (κ2) is 8.35. The molecule has 1 atom stereocenters. The van der Waals surface area contributed by atoms with Crippen LogP contribution in [-0.4, -0.2) is 38.2 Å². The van der Waals surface area contributed by atoms with Crippen molar-refractivity contribution < 1.29 is 19.1 Å². The van der Waals surface area contributed by atoms with Crippen LogP contribution in [0, 0.1) is 14.7 Å². The lowest BCUT2D eigenvalue weighted by Gasteiger charge is -2.34. The van der Waals surface area contributed by atoms with Crippen molar-refractivity contribution in [2.75, 3.05) is 25.2 Å². The lowest BCUT2D eigenvalue weighted by atomic mass is 9.82. The highest BCUT2D eigenvalue weighted by Crippen LogP contribution is 2.38. The zero-order chi connectivity index (χ0) is 18.0. The molecule has 0 aromatic carbocycles. The quantitative estimate of drug-likeness (QED) is 0.485. The molecule has 1 saturated heterocycles. The minimum absolute atomic E-state index is 0.000608. The number of nitrogens with zero attached hydrogens (tertiary/aromatic N) is 1. The van der Waals surface area contributed by atoms with Gasteiger partial charge in [-0.25, -0.2) is 4.79 Å². The molecule has 1 saturated carbocycles. The first-order chi connectivity index (χ1) is 12.0. The highest BCUT2D eigenvalue weighted by Gasteiger charge is 2.37. The van der Waals surface area contributed by atoms with Crippen LogP contribution in [0.5, 0.6) is 0 Å². The van der Waals surface area contributed by atoms with E-state index in [1.807, 2.05) is 11.0 Å². The normalized spacial score (nSPS) is 26.4. The van der Waals surface area contributed by atoms with Crippen molar-refractivity contribution in [1.82, 2.24) is 0 Å². The maximum Gasteiger partial charge on any atom is 0.350 e. The van der Waals surface area contributed by atoms with E-state index in [0.29, 0.717) is 29.7 Å². The van der Waals surface area contributed by atoms with E-state index in [4.69, 9.17) is 9.47 Å². The van der Waals surface area contributed by atoms with E-state index in [1.165, 1.54) is 18.4 Å². The SMILES string of the molecule is COC(=O)c1sc(I)cc1N(C(=O)[C@H]1CC[C@H](C)CC1)C1CCOC1. The van der Waals surface area contributed by atoms with Crippen molar-refractivity contribution in [1.29, 1.82) is 0 Å². The van der Waals surface area contributed by atoms with Gasteiger partial charge in [0.05, 0.1) is 28.3 Å². The van der Waals surface area contributed by atoms with Gasteiger partial charge in [0.15, 0.2) is 0 Å². The summed E-state index contributed by atoms with van der Waals surface area (Å²) in [6, 6.07) is 1.93. The highest BCUT2D eigenvalue weighted by molar-refractivity contribution is 14.1. The van der Waals surface area contributed by atoms with Gasteiger partial charge in [-0.05, 0) is 66.7 Å². The largest absolute Gasteiger partial charge is 0.465 e. The maximum absolute atomic E-state index is 13.4. The fourth-order valence-electron chi connectivity index (χ4n) is 3.69. The van der Waals surface area contributed by atoms with Crippen LogP contribution < -0.4 is 4.90 Å². The third-order valence-corrected chi connectivity index (χ3v) is 7.05. The molecule has 7 heteroatoms. The first kappa shape index (κ1) is 19.1. The van der Waals surface area contributed by atoms with Gasteiger partial charge in [-0.3, -0.25) is 4.79 Å². The van der Waals surface area contributed by atoms with Crippen LogP contribution in [0.4, 0.5) is 5.69 Å². The fourth-order valence-corrected chi connectivity index (χ4v) is 5.44. The standard InChI is InChI=1S/C18H24INO4S/c1-11-3-5-12(6-4-11)17(21)20(13-7-8-24-10-13)14-9-15(19)25-16(14)18(22)23-2/h9,11-13H,3-8,10H2,1-2H3/t11-,12-,13?. The molecule has 1 aromatic heterocycles. The molecule has 0 N–H and O–H groups in total. The zero-order valence-electron chi connectivity index (χ0n) is 14.6. The summed E-state index contributed by atoms with van der Waals surface area (Å²) in [6.45, 7) is 3.44. The van der Waals surface area contributed by atoms with E-state index in [-0.39, 0.29) is 23.8 Å². The number of halogens is 1. The molecule has 25 heavy (non-hydrogen) atoms. The number of ether oxygens (including phenoxy) is 2. The molecule has 1 aliphatic carbocycles. The minimum atomic E-state index is -0.378. The summed E-state index contributed by atoms with van der Waals surface area (Å²) in [5.74, 6) is 0.499. The molecule has 0 spiro atoms.